The van der Waals surface area contributed by atoms with E-state index in [-0.39, 0.29) is 12.2 Å². The Bertz CT molecular complexity index is 805. The van der Waals surface area contributed by atoms with Crippen LogP contribution in [0.5, 0.6) is 5.75 Å². The third kappa shape index (κ3) is 2.65. The third-order valence-electron chi connectivity index (χ3n) is 3.31. The zero-order valence-corrected chi connectivity index (χ0v) is 12.2. The Hall–Kier alpha value is -2.26. The van der Waals surface area contributed by atoms with Gasteiger partial charge in [-0.25, -0.2) is 0 Å². The lowest BCUT2D eigenvalue weighted by Gasteiger charge is -2.06. The van der Waals surface area contributed by atoms with E-state index in [9.17, 15) is 4.79 Å². The van der Waals surface area contributed by atoms with Gasteiger partial charge in [0.1, 0.15) is 5.75 Å². The number of carbonyl (C=O) groups excluding carboxylic acids is 1. The summed E-state index contributed by atoms with van der Waals surface area (Å²) >= 11 is 6.06. The minimum Gasteiger partial charge on any atom is -0.496 e. The number of furan rings is 1. The van der Waals surface area contributed by atoms with Gasteiger partial charge in [-0.3, -0.25) is 4.79 Å². The molecule has 3 aromatic rings. The van der Waals surface area contributed by atoms with Gasteiger partial charge in [0.2, 0.25) is 5.78 Å². The largest absolute Gasteiger partial charge is 0.496 e. The van der Waals surface area contributed by atoms with Crippen LogP contribution in [-0.2, 0) is 6.42 Å². The monoisotopic (exact) mass is 300 g/mol. The number of ketones is 1. The van der Waals surface area contributed by atoms with E-state index in [1.54, 1.807) is 19.2 Å². The maximum absolute atomic E-state index is 12.4. The summed E-state index contributed by atoms with van der Waals surface area (Å²) in [6.45, 7) is 0. The minimum absolute atomic E-state index is 0.105. The summed E-state index contributed by atoms with van der Waals surface area (Å²) in [6, 6.07) is 14.6. The lowest BCUT2D eigenvalue weighted by atomic mass is 10.1. The third-order valence-corrected chi connectivity index (χ3v) is 3.61. The van der Waals surface area contributed by atoms with Crippen molar-refractivity contribution in [2.45, 2.75) is 6.42 Å². The fraction of sp³-hybridized carbons (Fsp3) is 0.118. The van der Waals surface area contributed by atoms with Gasteiger partial charge in [0.15, 0.2) is 11.3 Å². The number of rotatable bonds is 4. The predicted octanol–water partition coefficient (Wildman–Crippen LogP) is 4.52. The Morgan fingerprint density at radius 1 is 1.19 bits per heavy atom. The molecular weight excluding hydrogens is 288 g/mol. The second kappa shape index (κ2) is 5.62. The van der Waals surface area contributed by atoms with Crippen LogP contribution in [0.25, 0.3) is 11.0 Å². The van der Waals surface area contributed by atoms with E-state index in [2.05, 4.69) is 0 Å². The number of fused-ring (bicyclic) bond motifs is 1. The SMILES string of the molecule is COc1ccccc1CC(=O)c1cc2cccc(Cl)c2o1. The Morgan fingerprint density at radius 2 is 2.00 bits per heavy atom. The first-order valence-electron chi connectivity index (χ1n) is 6.52. The van der Waals surface area contributed by atoms with Gasteiger partial charge in [0.25, 0.3) is 0 Å². The van der Waals surface area contributed by atoms with Crippen LogP contribution in [-0.4, -0.2) is 12.9 Å². The van der Waals surface area contributed by atoms with E-state index < -0.39 is 0 Å². The standard InChI is InChI=1S/C17H13ClO3/c1-20-15-8-3-2-5-11(15)9-14(19)16-10-12-6-4-7-13(18)17(12)21-16/h2-8,10H,9H2,1H3. The summed E-state index contributed by atoms with van der Waals surface area (Å²) < 4.78 is 10.8. The molecule has 0 saturated heterocycles. The van der Waals surface area contributed by atoms with E-state index in [0.29, 0.717) is 22.1 Å². The summed E-state index contributed by atoms with van der Waals surface area (Å²) in [6.07, 6.45) is 0.224. The molecule has 0 aliphatic heterocycles. The van der Waals surface area contributed by atoms with Gasteiger partial charge in [0.05, 0.1) is 12.1 Å². The molecule has 0 amide bonds. The van der Waals surface area contributed by atoms with Crippen molar-refractivity contribution in [3.8, 4) is 5.75 Å². The molecule has 1 aromatic heterocycles. The molecule has 0 N–H and O–H groups in total. The number of carbonyl (C=O) groups is 1. The van der Waals surface area contributed by atoms with Crippen molar-refractivity contribution >= 4 is 28.4 Å². The second-order valence-electron chi connectivity index (χ2n) is 4.68. The molecule has 0 bridgehead atoms. The molecule has 106 valence electrons. The van der Waals surface area contributed by atoms with Crippen LogP contribution in [0.1, 0.15) is 16.1 Å². The molecule has 0 aliphatic carbocycles. The van der Waals surface area contributed by atoms with Crippen LogP contribution in [0.3, 0.4) is 0 Å². The molecule has 21 heavy (non-hydrogen) atoms. The summed E-state index contributed by atoms with van der Waals surface area (Å²) in [5.41, 5.74) is 1.37. The summed E-state index contributed by atoms with van der Waals surface area (Å²) in [7, 11) is 1.59. The van der Waals surface area contributed by atoms with Gasteiger partial charge in [-0.1, -0.05) is 41.9 Å². The molecule has 0 atom stereocenters. The van der Waals surface area contributed by atoms with E-state index >= 15 is 0 Å². The number of benzene rings is 2. The molecule has 1 heterocycles. The van der Waals surface area contributed by atoms with Crippen LogP contribution >= 0.6 is 11.6 Å². The van der Waals surface area contributed by atoms with Crippen molar-refractivity contribution in [3.63, 3.8) is 0 Å². The molecule has 0 radical (unpaired) electrons. The molecule has 3 rings (SSSR count). The van der Waals surface area contributed by atoms with Gasteiger partial charge in [-0.15, -0.1) is 0 Å². The Morgan fingerprint density at radius 3 is 2.76 bits per heavy atom. The van der Waals surface area contributed by atoms with E-state index in [1.807, 2.05) is 36.4 Å². The highest BCUT2D eigenvalue weighted by Crippen LogP contribution is 2.28. The topological polar surface area (TPSA) is 39.4 Å². The van der Waals surface area contributed by atoms with Crippen LogP contribution in [0.4, 0.5) is 0 Å². The van der Waals surface area contributed by atoms with Crippen LogP contribution in [0.2, 0.25) is 5.02 Å². The molecule has 0 aliphatic rings. The molecule has 0 fully saturated rings. The number of methoxy groups -OCH3 is 1. The van der Waals surface area contributed by atoms with Crippen LogP contribution < -0.4 is 4.74 Å². The van der Waals surface area contributed by atoms with Crippen molar-refractivity contribution in [1.29, 1.82) is 0 Å². The predicted molar refractivity (Wildman–Crippen MR) is 82.3 cm³/mol. The normalized spacial score (nSPS) is 10.8. The first kappa shape index (κ1) is 13.7. The molecule has 0 unspecified atom stereocenters. The first-order chi connectivity index (χ1) is 10.2. The first-order valence-corrected chi connectivity index (χ1v) is 6.90. The number of para-hydroxylation sites is 2. The lowest BCUT2D eigenvalue weighted by molar-refractivity contribution is 0.0967. The molecule has 3 nitrogen and oxygen atoms in total. The number of Topliss-reactive ketones (excluding diaryl/α,β-unsaturated/α-hetero) is 1. The van der Waals surface area contributed by atoms with E-state index in [0.717, 1.165) is 10.9 Å². The summed E-state index contributed by atoms with van der Waals surface area (Å²) in [5, 5.41) is 1.33. The van der Waals surface area contributed by atoms with Crippen LogP contribution in [0.15, 0.2) is 52.9 Å². The maximum Gasteiger partial charge on any atom is 0.202 e. The lowest BCUT2D eigenvalue weighted by Crippen LogP contribution is -2.03. The van der Waals surface area contributed by atoms with Gasteiger partial charge in [-0.2, -0.15) is 0 Å². The highest BCUT2D eigenvalue weighted by atomic mass is 35.5. The van der Waals surface area contributed by atoms with E-state index in [1.165, 1.54) is 0 Å². The average molecular weight is 301 g/mol. The van der Waals surface area contributed by atoms with Crippen molar-refractivity contribution in [1.82, 2.24) is 0 Å². The van der Waals surface area contributed by atoms with Crippen LogP contribution in [0, 0.1) is 0 Å². The Balaban J connectivity index is 1.92. The summed E-state index contributed by atoms with van der Waals surface area (Å²) in [5.74, 6) is 0.899. The number of hydrogen-bond acceptors (Lipinski definition) is 3. The fourth-order valence-electron chi connectivity index (χ4n) is 2.27. The van der Waals surface area contributed by atoms with Gasteiger partial charge < -0.3 is 9.15 Å². The molecule has 4 heteroatoms. The number of ether oxygens (including phenoxy) is 1. The zero-order valence-electron chi connectivity index (χ0n) is 11.4. The average Bonchev–Trinajstić information content (AvgIpc) is 2.93. The van der Waals surface area contributed by atoms with Crippen molar-refractivity contribution in [2.75, 3.05) is 7.11 Å². The number of hydrogen-bond donors (Lipinski definition) is 0. The molecule has 2 aromatic carbocycles. The van der Waals surface area contributed by atoms with Crippen molar-refractivity contribution in [3.05, 3.63) is 64.9 Å². The van der Waals surface area contributed by atoms with Gasteiger partial charge >= 0.3 is 0 Å². The molecular formula is C17H13ClO3. The zero-order chi connectivity index (χ0) is 14.8. The van der Waals surface area contributed by atoms with E-state index in [4.69, 9.17) is 20.8 Å². The quantitative estimate of drug-likeness (QED) is 0.665. The molecule has 0 spiro atoms. The Kier molecular flexibility index (Phi) is 3.67. The smallest absolute Gasteiger partial charge is 0.202 e. The maximum atomic E-state index is 12.4. The second-order valence-corrected chi connectivity index (χ2v) is 5.09. The fourth-order valence-corrected chi connectivity index (χ4v) is 2.49. The Labute approximate surface area is 127 Å². The highest BCUT2D eigenvalue weighted by Gasteiger charge is 2.16. The number of halogens is 1. The van der Waals surface area contributed by atoms with Crippen molar-refractivity contribution in [2.24, 2.45) is 0 Å². The molecule has 0 saturated carbocycles. The highest BCUT2D eigenvalue weighted by molar-refractivity contribution is 6.34. The van der Waals surface area contributed by atoms with Crippen molar-refractivity contribution < 1.29 is 13.9 Å². The summed E-state index contributed by atoms with van der Waals surface area (Å²) in [4.78, 5) is 12.4. The minimum atomic E-state index is -0.105. The van der Waals surface area contributed by atoms with Gasteiger partial charge in [-0.05, 0) is 18.2 Å². The van der Waals surface area contributed by atoms with Gasteiger partial charge in [0, 0.05) is 17.4 Å².